The van der Waals surface area contributed by atoms with Gasteiger partial charge in [0.1, 0.15) is 0 Å². The SMILES string of the molecule is COc1ccc(C(c2cccc(Cl)c2)N2CCCNCC2)cc1OC. The van der Waals surface area contributed by atoms with Crippen molar-refractivity contribution in [2.45, 2.75) is 12.5 Å². The van der Waals surface area contributed by atoms with E-state index in [2.05, 4.69) is 34.5 Å². The molecule has 1 fully saturated rings. The highest BCUT2D eigenvalue weighted by Gasteiger charge is 2.24. The molecule has 0 bridgehead atoms. The normalized spacial score (nSPS) is 16.9. The topological polar surface area (TPSA) is 33.7 Å². The van der Waals surface area contributed by atoms with Gasteiger partial charge in [0.2, 0.25) is 0 Å². The number of hydrogen-bond donors (Lipinski definition) is 1. The van der Waals surface area contributed by atoms with Crippen molar-refractivity contribution in [1.82, 2.24) is 10.2 Å². The van der Waals surface area contributed by atoms with E-state index in [0.717, 1.165) is 49.1 Å². The molecule has 0 aliphatic carbocycles. The molecule has 3 rings (SSSR count). The molecule has 1 atom stereocenters. The zero-order valence-corrected chi connectivity index (χ0v) is 15.6. The van der Waals surface area contributed by atoms with Gasteiger partial charge >= 0.3 is 0 Å². The summed E-state index contributed by atoms with van der Waals surface area (Å²) in [6.07, 6.45) is 1.13. The van der Waals surface area contributed by atoms with Crippen molar-refractivity contribution in [3.05, 3.63) is 58.6 Å². The number of hydrogen-bond acceptors (Lipinski definition) is 4. The third-order valence-corrected chi connectivity index (χ3v) is 4.86. The molecule has 134 valence electrons. The number of benzene rings is 2. The molecule has 0 saturated carbocycles. The largest absolute Gasteiger partial charge is 0.493 e. The van der Waals surface area contributed by atoms with Gasteiger partial charge in [-0.1, -0.05) is 29.8 Å². The molecule has 1 aliphatic heterocycles. The number of nitrogens with one attached hydrogen (secondary N) is 1. The second kappa shape index (κ2) is 8.56. The van der Waals surface area contributed by atoms with Gasteiger partial charge in [-0.05, 0) is 48.4 Å². The van der Waals surface area contributed by atoms with Crippen LogP contribution in [0.1, 0.15) is 23.6 Å². The fraction of sp³-hybridized carbons (Fsp3) is 0.400. The van der Waals surface area contributed by atoms with Crippen LogP contribution in [0.25, 0.3) is 0 Å². The molecule has 2 aromatic carbocycles. The number of halogens is 1. The maximum Gasteiger partial charge on any atom is 0.161 e. The van der Waals surface area contributed by atoms with E-state index in [-0.39, 0.29) is 6.04 Å². The van der Waals surface area contributed by atoms with E-state index < -0.39 is 0 Å². The van der Waals surface area contributed by atoms with Gasteiger partial charge in [0.05, 0.1) is 20.3 Å². The van der Waals surface area contributed by atoms with Gasteiger partial charge < -0.3 is 14.8 Å². The first-order chi connectivity index (χ1) is 12.2. The van der Waals surface area contributed by atoms with Crippen molar-refractivity contribution in [3.63, 3.8) is 0 Å². The third-order valence-electron chi connectivity index (χ3n) is 4.63. The van der Waals surface area contributed by atoms with Crippen molar-refractivity contribution in [2.75, 3.05) is 40.4 Å². The van der Waals surface area contributed by atoms with Crippen LogP contribution in [0.15, 0.2) is 42.5 Å². The van der Waals surface area contributed by atoms with E-state index in [0.29, 0.717) is 0 Å². The van der Waals surface area contributed by atoms with Gasteiger partial charge in [-0.2, -0.15) is 0 Å². The van der Waals surface area contributed by atoms with Gasteiger partial charge in [0, 0.05) is 24.7 Å². The summed E-state index contributed by atoms with van der Waals surface area (Å²) in [5.41, 5.74) is 2.38. The molecule has 1 unspecified atom stereocenters. The van der Waals surface area contributed by atoms with Crippen molar-refractivity contribution >= 4 is 11.6 Å². The first-order valence-corrected chi connectivity index (χ1v) is 9.03. The molecule has 1 aliphatic rings. The fourth-order valence-electron chi connectivity index (χ4n) is 3.44. The van der Waals surface area contributed by atoms with Crippen LogP contribution in [-0.2, 0) is 0 Å². The van der Waals surface area contributed by atoms with Crippen LogP contribution in [0.2, 0.25) is 5.02 Å². The van der Waals surface area contributed by atoms with Crippen molar-refractivity contribution in [2.24, 2.45) is 0 Å². The Hall–Kier alpha value is -1.75. The highest BCUT2D eigenvalue weighted by atomic mass is 35.5. The zero-order chi connectivity index (χ0) is 17.6. The minimum Gasteiger partial charge on any atom is -0.493 e. The second-order valence-corrected chi connectivity index (χ2v) is 6.65. The summed E-state index contributed by atoms with van der Waals surface area (Å²) in [7, 11) is 3.33. The Morgan fingerprint density at radius 2 is 1.76 bits per heavy atom. The Balaban J connectivity index is 2.04. The molecular weight excluding hydrogens is 336 g/mol. The molecule has 0 radical (unpaired) electrons. The Kier molecular flexibility index (Phi) is 6.19. The Morgan fingerprint density at radius 1 is 0.960 bits per heavy atom. The van der Waals surface area contributed by atoms with Gasteiger partial charge in [0.25, 0.3) is 0 Å². The summed E-state index contributed by atoms with van der Waals surface area (Å²) in [5.74, 6) is 1.49. The van der Waals surface area contributed by atoms with Gasteiger partial charge in [-0.15, -0.1) is 0 Å². The van der Waals surface area contributed by atoms with E-state index in [1.54, 1.807) is 14.2 Å². The maximum absolute atomic E-state index is 6.28. The van der Waals surface area contributed by atoms with Gasteiger partial charge in [-0.3, -0.25) is 4.90 Å². The Labute approximate surface area is 154 Å². The smallest absolute Gasteiger partial charge is 0.161 e. The number of ether oxygens (including phenoxy) is 2. The first kappa shape index (κ1) is 18.1. The predicted octanol–water partition coefficient (Wildman–Crippen LogP) is 3.74. The summed E-state index contributed by atoms with van der Waals surface area (Å²) in [6, 6.07) is 14.4. The van der Waals surface area contributed by atoms with Crippen LogP contribution in [-0.4, -0.2) is 45.3 Å². The lowest BCUT2D eigenvalue weighted by Crippen LogP contribution is -2.33. The van der Waals surface area contributed by atoms with E-state index in [1.165, 1.54) is 11.1 Å². The van der Waals surface area contributed by atoms with Crippen LogP contribution in [0.5, 0.6) is 11.5 Å². The lowest BCUT2D eigenvalue weighted by molar-refractivity contribution is 0.240. The standard InChI is InChI=1S/C20H25ClN2O2/c1-24-18-8-7-16(14-19(18)25-2)20(15-5-3-6-17(21)13-15)23-11-4-9-22-10-12-23/h3,5-8,13-14,20,22H,4,9-12H2,1-2H3. The first-order valence-electron chi connectivity index (χ1n) is 8.65. The zero-order valence-electron chi connectivity index (χ0n) is 14.8. The third kappa shape index (κ3) is 4.27. The Morgan fingerprint density at radius 3 is 2.52 bits per heavy atom. The Bertz CT molecular complexity index is 700. The molecule has 0 amide bonds. The van der Waals surface area contributed by atoms with Crippen LogP contribution in [0, 0.1) is 0 Å². The molecule has 1 N–H and O–H groups in total. The van der Waals surface area contributed by atoms with E-state index in [9.17, 15) is 0 Å². The van der Waals surface area contributed by atoms with E-state index in [4.69, 9.17) is 21.1 Å². The summed E-state index contributed by atoms with van der Waals surface area (Å²) in [4.78, 5) is 2.51. The molecule has 1 saturated heterocycles. The van der Waals surface area contributed by atoms with Crippen molar-refractivity contribution < 1.29 is 9.47 Å². The quantitative estimate of drug-likeness (QED) is 0.880. The lowest BCUT2D eigenvalue weighted by atomic mass is 9.96. The average Bonchev–Trinajstić information content (AvgIpc) is 2.91. The number of rotatable bonds is 5. The molecule has 1 heterocycles. The second-order valence-electron chi connectivity index (χ2n) is 6.21. The summed E-state index contributed by atoms with van der Waals surface area (Å²) < 4.78 is 10.9. The highest BCUT2D eigenvalue weighted by Crippen LogP contribution is 2.36. The minimum absolute atomic E-state index is 0.137. The molecule has 0 spiro atoms. The van der Waals surface area contributed by atoms with Gasteiger partial charge in [-0.25, -0.2) is 0 Å². The summed E-state index contributed by atoms with van der Waals surface area (Å²) >= 11 is 6.28. The van der Waals surface area contributed by atoms with Crippen LogP contribution in [0.3, 0.4) is 0 Å². The number of nitrogens with zero attached hydrogens (tertiary/aromatic N) is 1. The highest BCUT2D eigenvalue weighted by molar-refractivity contribution is 6.30. The fourth-order valence-corrected chi connectivity index (χ4v) is 3.64. The monoisotopic (exact) mass is 360 g/mol. The molecule has 25 heavy (non-hydrogen) atoms. The average molecular weight is 361 g/mol. The van der Waals surface area contributed by atoms with Crippen LogP contribution >= 0.6 is 11.6 Å². The van der Waals surface area contributed by atoms with Crippen LogP contribution in [0.4, 0.5) is 0 Å². The maximum atomic E-state index is 6.28. The van der Waals surface area contributed by atoms with E-state index >= 15 is 0 Å². The lowest BCUT2D eigenvalue weighted by Gasteiger charge is -2.31. The summed E-state index contributed by atoms with van der Waals surface area (Å²) in [6.45, 7) is 4.08. The predicted molar refractivity (Wildman–Crippen MR) is 102 cm³/mol. The molecule has 5 heteroatoms. The molecular formula is C20H25ClN2O2. The molecule has 4 nitrogen and oxygen atoms in total. The summed E-state index contributed by atoms with van der Waals surface area (Å²) in [5, 5.41) is 4.23. The number of methoxy groups -OCH3 is 2. The molecule has 0 aromatic heterocycles. The van der Waals surface area contributed by atoms with Crippen molar-refractivity contribution in [3.8, 4) is 11.5 Å². The van der Waals surface area contributed by atoms with Crippen molar-refractivity contribution in [1.29, 1.82) is 0 Å². The van der Waals surface area contributed by atoms with E-state index in [1.807, 2.05) is 18.2 Å². The van der Waals surface area contributed by atoms with Crippen LogP contribution < -0.4 is 14.8 Å². The van der Waals surface area contributed by atoms with Gasteiger partial charge in [0.15, 0.2) is 11.5 Å². The minimum atomic E-state index is 0.137. The molecule has 2 aromatic rings.